The molecule has 0 fully saturated rings. The van der Waals surface area contributed by atoms with E-state index in [-0.39, 0.29) is 5.91 Å². The van der Waals surface area contributed by atoms with Gasteiger partial charge < -0.3 is 14.8 Å². The summed E-state index contributed by atoms with van der Waals surface area (Å²) in [7, 11) is 0. The molecule has 0 unspecified atom stereocenters. The second-order valence-corrected chi connectivity index (χ2v) is 5.67. The lowest BCUT2D eigenvalue weighted by Gasteiger charge is -2.19. The molecular formula is C15H11BrClNO3. The molecule has 0 aromatic heterocycles. The van der Waals surface area contributed by atoms with Crippen molar-refractivity contribution in [2.75, 3.05) is 18.5 Å². The molecule has 1 heterocycles. The maximum Gasteiger partial charge on any atom is 0.257 e. The Morgan fingerprint density at radius 3 is 2.52 bits per heavy atom. The number of rotatable bonds is 2. The summed E-state index contributed by atoms with van der Waals surface area (Å²) in [5.41, 5.74) is 1.02. The van der Waals surface area contributed by atoms with Crippen LogP contribution in [0, 0.1) is 0 Å². The fraction of sp³-hybridized carbons (Fsp3) is 0.133. The number of para-hydroxylation sites is 1. The predicted molar refractivity (Wildman–Crippen MR) is 84.5 cm³/mol. The van der Waals surface area contributed by atoms with E-state index in [2.05, 4.69) is 21.2 Å². The largest absolute Gasteiger partial charge is 0.486 e. The Morgan fingerprint density at radius 1 is 1.14 bits per heavy atom. The smallest absolute Gasteiger partial charge is 0.257 e. The predicted octanol–water partition coefficient (Wildman–Crippen LogP) is 4.13. The van der Waals surface area contributed by atoms with Crippen molar-refractivity contribution < 1.29 is 14.3 Å². The van der Waals surface area contributed by atoms with Crippen LogP contribution in [0.5, 0.6) is 11.5 Å². The van der Waals surface area contributed by atoms with Gasteiger partial charge in [-0.3, -0.25) is 4.79 Å². The van der Waals surface area contributed by atoms with Gasteiger partial charge in [-0.2, -0.15) is 0 Å². The first-order chi connectivity index (χ1) is 10.1. The fourth-order valence-electron chi connectivity index (χ4n) is 1.99. The van der Waals surface area contributed by atoms with Crippen LogP contribution < -0.4 is 14.8 Å². The number of carbonyl (C=O) groups excluding carboxylic acids is 1. The summed E-state index contributed by atoms with van der Waals surface area (Å²) in [5.74, 6) is 0.787. The van der Waals surface area contributed by atoms with Gasteiger partial charge >= 0.3 is 0 Å². The molecule has 108 valence electrons. The minimum Gasteiger partial charge on any atom is -0.486 e. The van der Waals surface area contributed by atoms with Crippen molar-refractivity contribution in [2.45, 2.75) is 0 Å². The third-order valence-electron chi connectivity index (χ3n) is 3.00. The lowest BCUT2D eigenvalue weighted by atomic mass is 10.1. The lowest BCUT2D eigenvalue weighted by Crippen LogP contribution is -2.17. The number of amides is 1. The van der Waals surface area contributed by atoms with E-state index in [0.29, 0.717) is 41.0 Å². The molecule has 1 aliphatic heterocycles. The van der Waals surface area contributed by atoms with E-state index in [0.717, 1.165) is 4.47 Å². The standard InChI is InChI=1S/C15H11BrClNO3/c16-10-3-1-2-4-12(10)18-15(19)9-7-13-14(8-11(9)17)21-6-5-20-13/h1-4,7-8H,5-6H2,(H,18,19). The van der Waals surface area contributed by atoms with Crippen LogP contribution in [0.4, 0.5) is 5.69 Å². The molecule has 0 spiro atoms. The highest BCUT2D eigenvalue weighted by molar-refractivity contribution is 9.10. The number of anilines is 1. The number of halogens is 2. The Hall–Kier alpha value is -1.72. The van der Waals surface area contributed by atoms with Crippen LogP contribution in [0.3, 0.4) is 0 Å². The molecule has 0 saturated heterocycles. The monoisotopic (exact) mass is 367 g/mol. The quantitative estimate of drug-likeness (QED) is 0.867. The highest BCUT2D eigenvalue weighted by Gasteiger charge is 2.19. The van der Waals surface area contributed by atoms with Gasteiger partial charge in [0.25, 0.3) is 5.91 Å². The molecule has 0 radical (unpaired) electrons. The topological polar surface area (TPSA) is 47.6 Å². The van der Waals surface area contributed by atoms with Crippen molar-refractivity contribution in [3.63, 3.8) is 0 Å². The Bertz CT molecular complexity index is 705. The summed E-state index contributed by atoms with van der Waals surface area (Å²) >= 11 is 9.54. The van der Waals surface area contributed by atoms with Gasteiger partial charge in [-0.15, -0.1) is 0 Å². The van der Waals surface area contributed by atoms with Crippen molar-refractivity contribution in [1.29, 1.82) is 0 Å². The summed E-state index contributed by atoms with van der Waals surface area (Å²) in [4.78, 5) is 12.4. The van der Waals surface area contributed by atoms with Crippen LogP contribution >= 0.6 is 27.5 Å². The average molecular weight is 369 g/mol. The maximum absolute atomic E-state index is 12.4. The van der Waals surface area contributed by atoms with Crippen molar-refractivity contribution >= 4 is 39.1 Å². The number of hydrogen-bond donors (Lipinski definition) is 1. The zero-order valence-corrected chi connectivity index (χ0v) is 13.2. The van der Waals surface area contributed by atoms with Crippen LogP contribution in [-0.2, 0) is 0 Å². The zero-order valence-electron chi connectivity index (χ0n) is 10.9. The van der Waals surface area contributed by atoms with Gasteiger partial charge in [0.15, 0.2) is 11.5 Å². The third-order valence-corrected chi connectivity index (χ3v) is 4.00. The van der Waals surface area contributed by atoms with Gasteiger partial charge in [0, 0.05) is 10.5 Å². The summed E-state index contributed by atoms with van der Waals surface area (Å²) in [6.45, 7) is 0.936. The van der Waals surface area contributed by atoms with Crippen LogP contribution in [-0.4, -0.2) is 19.1 Å². The molecule has 1 amide bonds. The van der Waals surface area contributed by atoms with E-state index in [4.69, 9.17) is 21.1 Å². The van der Waals surface area contributed by atoms with Crippen LogP contribution in [0.15, 0.2) is 40.9 Å². The number of ether oxygens (including phenoxy) is 2. The van der Waals surface area contributed by atoms with Crippen molar-refractivity contribution in [1.82, 2.24) is 0 Å². The Kier molecular flexibility index (Phi) is 4.03. The van der Waals surface area contributed by atoms with E-state index in [9.17, 15) is 4.79 Å². The number of benzene rings is 2. The number of carbonyl (C=O) groups is 1. The SMILES string of the molecule is O=C(Nc1ccccc1Br)c1cc2c(cc1Cl)OCCO2. The molecule has 3 rings (SSSR count). The minimum absolute atomic E-state index is 0.302. The molecule has 1 aliphatic rings. The lowest BCUT2D eigenvalue weighted by molar-refractivity contribution is 0.102. The molecular weight excluding hydrogens is 358 g/mol. The van der Waals surface area contributed by atoms with Crippen LogP contribution in [0.1, 0.15) is 10.4 Å². The normalized spacial score (nSPS) is 12.9. The van der Waals surface area contributed by atoms with Gasteiger partial charge in [0.2, 0.25) is 0 Å². The van der Waals surface area contributed by atoms with Gasteiger partial charge in [-0.25, -0.2) is 0 Å². The molecule has 0 bridgehead atoms. The molecule has 4 nitrogen and oxygen atoms in total. The van der Waals surface area contributed by atoms with E-state index in [1.165, 1.54) is 0 Å². The maximum atomic E-state index is 12.4. The van der Waals surface area contributed by atoms with E-state index in [1.807, 2.05) is 18.2 Å². The Balaban J connectivity index is 1.89. The summed E-state index contributed by atoms with van der Waals surface area (Å²) < 4.78 is 11.7. The molecule has 6 heteroatoms. The minimum atomic E-state index is -0.302. The second-order valence-electron chi connectivity index (χ2n) is 4.41. The summed E-state index contributed by atoms with van der Waals surface area (Å²) in [6, 6.07) is 10.6. The molecule has 0 saturated carbocycles. The first-order valence-corrected chi connectivity index (χ1v) is 7.47. The zero-order chi connectivity index (χ0) is 14.8. The summed E-state index contributed by atoms with van der Waals surface area (Å²) in [6.07, 6.45) is 0. The second kappa shape index (κ2) is 5.95. The molecule has 1 N–H and O–H groups in total. The van der Waals surface area contributed by atoms with E-state index < -0.39 is 0 Å². The first kappa shape index (κ1) is 14.2. The van der Waals surface area contributed by atoms with Crippen molar-refractivity contribution in [3.05, 3.63) is 51.5 Å². The molecule has 0 aliphatic carbocycles. The molecule has 2 aromatic carbocycles. The van der Waals surface area contributed by atoms with Gasteiger partial charge in [-0.05, 0) is 34.1 Å². The Labute approximate surface area is 135 Å². The highest BCUT2D eigenvalue weighted by atomic mass is 79.9. The third kappa shape index (κ3) is 2.99. The van der Waals surface area contributed by atoms with Crippen molar-refractivity contribution in [3.8, 4) is 11.5 Å². The number of fused-ring (bicyclic) bond motifs is 1. The van der Waals surface area contributed by atoms with Crippen molar-refractivity contribution in [2.24, 2.45) is 0 Å². The molecule has 2 aromatic rings. The average Bonchev–Trinajstić information content (AvgIpc) is 2.49. The van der Waals surface area contributed by atoms with E-state index in [1.54, 1.807) is 18.2 Å². The van der Waals surface area contributed by atoms with Crippen LogP contribution in [0.25, 0.3) is 0 Å². The van der Waals surface area contributed by atoms with Gasteiger partial charge in [0.1, 0.15) is 13.2 Å². The summed E-state index contributed by atoms with van der Waals surface area (Å²) in [5, 5.41) is 3.13. The first-order valence-electron chi connectivity index (χ1n) is 6.30. The van der Waals surface area contributed by atoms with Gasteiger partial charge in [-0.1, -0.05) is 23.7 Å². The van der Waals surface area contributed by atoms with E-state index >= 15 is 0 Å². The highest BCUT2D eigenvalue weighted by Crippen LogP contribution is 2.35. The molecule has 21 heavy (non-hydrogen) atoms. The molecule has 0 atom stereocenters. The Morgan fingerprint density at radius 2 is 1.81 bits per heavy atom. The fourth-order valence-corrected chi connectivity index (χ4v) is 2.61. The van der Waals surface area contributed by atoms with Gasteiger partial charge in [0.05, 0.1) is 16.3 Å². The number of nitrogens with one attached hydrogen (secondary N) is 1. The van der Waals surface area contributed by atoms with Crippen LogP contribution in [0.2, 0.25) is 5.02 Å². The number of hydrogen-bond acceptors (Lipinski definition) is 3.